The van der Waals surface area contributed by atoms with E-state index in [4.69, 9.17) is 10.2 Å². The number of nitrogens with one attached hydrogen (secondary N) is 2. The standard InChI is InChI=1S/C23H27N5/c1-16-12-20(18-6-9-28(10-7-18)11-8-25-2)14-21-22(16)27-23(26-21)19-5-3-4-17(13-19)15-24/h3-5,12-14,18,25H,6-11H2,1-2H3,(H,26,27). The van der Waals surface area contributed by atoms with E-state index in [1.54, 1.807) is 0 Å². The number of nitriles is 1. The molecular weight excluding hydrogens is 346 g/mol. The maximum absolute atomic E-state index is 9.15. The minimum Gasteiger partial charge on any atom is -0.338 e. The molecule has 0 atom stereocenters. The number of rotatable bonds is 5. The highest BCUT2D eigenvalue weighted by Crippen LogP contribution is 2.32. The zero-order valence-electron chi connectivity index (χ0n) is 16.6. The number of hydrogen-bond donors (Lipinski definition) is 2. The molecule has 0 radical (unpaired) electrons. The number of nitrogens with zero attached hydrogens (tertiary/aromatic N) is 3. The molecule has 0 amide bonds. The number of likely N-dealkylation sites (N-methyl/N-ethyl adjacent to an activating group) is 1. The molecule has 1 aromatic heterocycles. The van der Waals surface area contributed by atoms with Crippen LogP contribution in [0.15, 0.2) is 36.4 Å². The van der Waals surface area contributed by atoms with Gasteiger partial charge in [0.2, 0.25) is 0 Å². The lowest BCUT2D eigenvalue weighted by Gasteiger charge is -2.32. The van der Waals surface area contributed by atoms with Gasteiger partial charge in [-0.15, -0.1) is 0 Å². The maximum atomic E-state index is 9.15. The first-order valence-corrected chi connectivity index (χ1v) is 10.1. The Morgan fingerprint density at radius 2 is 2.07 bits per heavy atom. The fourth-order valence-corrected chi connectivity index (χ4v) is 4.19. The lowest BCUT2D eigenvalue weighted by molar-refractivity contribution is 0.214. The normalized spacial score (nSPS) is 15.8. The summed E-state index contributed by atoms with van der Waals surface area (Å²) in [6.07, 6.45) is 2.42. The highest BCUT2D eigenvalue weighted by molar-refractivity contribution is 5.83. The largest absolute Gasteiger partial charge is 0.338 e. The number of H-pyrrole nitrogens is 1. The van der Waals surface area contributed by atoms with Crippen LogP contribution in [0, 0.1) is 18.3 Å². The Morgan fingerprint density at radius 3 is 2.82 bits per heavy atom. The van der Waals surface area contributed by atoms with Gasteiger partial charge in [0.05, 0.1) is 22.7 Å². The first-order valence-electron chi connectivity index (χ1n) is 10.1. The van der Waals surface area contributed by atoms with Crippen molar-refractivity contribution in [2.45, 2.75) is 25.7 Å². The highest BCUT2D eigenvalue weighted by Gasteiger charge is 2.21. The Hall–Kier alpha value is -2.68. The van der Waals surface area contributed by atoms with E-state index in [0.29, 0.717) is 11.5 Å². The quantitative estimate of drug-likeness (QED) is 0.714. The minimum atomic E-state index is 0.614. The second kappa shape index (κ2) is 8.14. The molecule has 5 heteroatoms. The van der Waals surface area contributed by atoms with Crippen molar-refractivity contribution in [3.8, 4) is 17.5 Å². The summed E-state index contributed by atoms with van der Waals surface area (Å²) in [6, 6.07) is 14.4. The van der Waals surface area contributed by atoms with E-state index in [9.17, 15) is 0 Å². The number of likely N-dealkylation sites (tertiary alicyclic amines) is 1. The van der Waals surface area contributed by atoms with Gasteiger partial charge >= 0.3 is 0 Å². The van der Waals surface area contributed by atoms with Crippen LogP contribution in [0.25, 0.3) is 22.4 Å². The molecule has 0 aliphatic carbocycles. The number of benzene rings is 2. The third-order valence-corrected chi connectivity index (χ3v) is 5.80. The summed E-state index contributed by atoms with van der Waals surface area (Å²) in [6.45, 7) is 6.66. The number of aromatic nitrogens is 2. The van der Waals surface area contributed by atoms with Crippen LogP contribution in [0.5, 0.6) is 0 Å². The van der Waals surface area contributed by atoms with Gasteiger partial charge in [0.1, 0.15) is 5.82 Å². The molecule has 1 aliphatic heterocycles. The fourth-order valence-electron chi connectivity index (χ4n) is 4.19. The molecule has 2 heterocycles. The molecule has 3 aromatic rings. The van der Waals surface area contributed by atoms with Gasteiger partial charge in [-0.25, -0.2) is 4.98 Å². The van der Waals surface area contributed by atoms with Crippen LogP contribution in [0.3, 0.4) is 0 Å². The molecule has 0 saturated carbocycles. The van der Waals surface area contributed by atoms with E-state index in [2.05, 4.69) is 40.3 Å². The summed E-state index contributed by atoms with van der Waals surface area (Å²) in [5, 5.41) is 12.4. The third kappa shape index (κ3) is 3.80. The molecule has 144 valence electrons. The Kier molecular flexibility index (Phi) is 5.43. The van der Waals surface area contributed by atoms with Gasteiger partial charge in [0, 0.05) is 18.7 Å². The van der Waals surface area contributed by atoms with E-state index >= 15 is 0 Å². The topological polar surface area (TPSA) is 67.7 Å². The number of piperidine rings is 1. The van der Waals surface area contributed by atoms with Gasteiger partial charge in [-0.3, -0.25) is 0 Å². The van der Waals surface area contributed by atoms with Crippen molar-refractivity contribution in [1.82, 2.24) is 20.2 Å². The number of aryl methyl sites for hydroxylation is 1. The first kappa shape index (κ1) is 18.7. The molecular formula is C23H27N5. The van der Waals surface area contributed by atoms with Crippen LogP contribution >= 0.6 is 0 Å². The Labute approximate surface area is 166 Å². The van der Waals surface area contributed by atoms with Crippen LogP contribution in [-0.4, -0.2) is 48.1 Å². The average molecular weight is 374 g/mol. The molecule has 4 rings (SSSR count). The summed E-state index contributed by atoms with van der Waals surface area (Å²) >= 11 is 0. The summed E-state index contributed by atoms with van der Waals surface area (Å²) in [5.41, 5.74) is 6.34. The van der Waals surface area contributed by atoms with E-state index in [1.807, 2.05) is 31.3 Å². The fraction of sp³-hybridized carbons (Fsp3) is 0.391. The average Bonchev–Trinajstić information content (AvgIpc) is 3.17. The predicted octanol–water partition coefficient (Wildman–Crippen LogP) is 3.81. The van der Waals surface area contributed by atoms with Gasteiger partial charge in [0.15, 0.2) is 0 Å². The molecule has 0 spiro atoms. The zero-order chi connectivity index (χ0) is 19.5. The Morgan fingerprint density at radius 1 is 1.25 bits per heavy atom. The van der Waals surface area contributed by atoms with Gasteiger partial charge in [-0.05, 0) is 75.1 Å². The molecule has 5 nitrogen and oxygen atoms in total. The first-order chi connectivity index (χ1) is 13.7. The summed E-state index contributed by atoms with van der Waals surface area (Å²) < 4.78 is 0. The number of hydrogen-bond acceptors (Lipinski definition) is 4. The lowest BCUT2D eigenvalue weighted by Crippen LogP contribution is -2.37. The van der Waals surface area contributed by atoms with Crippen LogP contribution in [0.1, 0.15) is 35.4 Å². The van der Waals surface area contributed by atoms with Gasteiger partial charge in [-0.1, -0.05) is 18.2 Å². The SMILES string of the molecule is CNCCN1CCC(c2cc(C)c3nc(-c4cccc(C#N)c4)[nH]c3c2)CC1. The van der Waals surface area contributed by atoms with Crippen molar-refractivity contribution in [3.05, 3.63) is 53.1 Å². The zero-order valence-corrected chi connectivity index (χ0v) is 16.6. The van der Waals surface area contributed by atoms with E-state index in [-0.39, 0.29) is 0 Å². The Balaban J connectivity index is 1.58. The molecule has 2 N–H and O–H groups in total. The van der Waals surface area contributed by atoms with Gasteiger partial charge < -0.3 is 15.2 Å². The number of imidazole rings is 1. The lowest BCUT2D eigenvalue weighted by atomic mass is 9.88. The smallest absolute Gasteiger partial charge is 0.138 e. The molecule has 0 unspecified atom stereocenters. The van der Waals surface area contributed by atoms with Crippen LogP contribution in [-0.2, 0) is 0 Å². The number of aromatic amines is 1. The second-order valence-corrected chi connectivity index (χ2v) is 7.73. The third-order valence-electron chi connectivity index (χ3n) is 5.80. The predicted molar refractivity (Wildman–Crippen MR) is 113 cm³/mol. The van der Waals surface area contributed by atoms with E-state index in [1.165, 1.54) is 37.1 Å². The molecule has 1 fully saturated rings. The summed E-state index contributed by atoms with van der Waals surface area (Å²) in [7, 11) is 2.01. The minimum absolute atomic E-state index is 0.614. The number of fused-ring (bicyclic) bond motifs is 1. The molecule has 28 heavy (non-hydrogen) atoms. The van der Waals surface area contributed by atoms with Crippen molar-refractivity contribution in [2.24, 2.45) is 0 Å². The monoisotopic (exact) mass is 373 g/mol. The van der Waals surface area contributed by atoms with Crippen LogP contribution in [0.4, 0.5) is 0 Å². The van der Waals surface area contributed by atoms with Gasteiger partial charge in [0.25, 0.3) is 0 Å². The van der Waals surface area contributed by atoms with Crippen LogP contribution in [0.2, 0.25) is 0 Å². The van der Waals surface area contributed by atoms with Crippen molar-refractivity contribution >= 4 is 11.0 Å². The van der Waals surface area contributed by atoms with E-state index in [0.717, 1.165) is 35.5 Å². The molecule has 2 aromatic carbocycles. The Bertz CT molecular complexity index is 1010. The van der Waals surface area contributed by atoms with Crippen molar-refractivity contribution < 1.29 is 0 Å². The maximum Gasteiger partial charge on any atom is 0.138 e. The highest BCUT2D eigenvalue weighted by atomic mass is 15.1. The van der Waals surface area contributed by atoms with Crippen LogP contribution < -0.4 is 5.32 Å². The summed E-state index contributed by atoms with van der Waals surface area (Å²) in [5.74, 6) is 1.44. The second-order valence-electron chi connectivity index (χ2n) is 7.73. The summed E-state index contributed by atoms with van der Waals surface area (Å²) in [4.78, 5) is 10.8. The van der Waals surface area contributed by atoms with E-state index < -0.39 is 0 Å². The van der Waals surface area contributed by atoms with Gasteiger partial charge in [-0.2, -0.15) is 5.26 Å². The van der Waals surface area contributed by atoms with Crippen molar-refractivity contribution in [1.29, 1.82) is 5.26 Å². The molecule has 0 bridgehead atoms. The van der Waals surface area contributed by atoms with Crippen molar-refractivity contribution in [3.63, 3.8) is 0 Å². The molecule has 1 saturated heterocycles. The van der Waals surface area contributed by atoms with Crippen molar-refractivity contribution in [2.75, 3.05) is 33.2 Å². The molecule has 1 aliphatic rings.